The number of amides is 3. The summed E-state index contributed by atoms with van der Waals surface area (Å²) in [6, 6.07) is 33.6. The molecule has 0 saturated carbocycles. The predicted molar refractivity (Wildman–Crippen MR) is 148 cm³/mol. The average Bonchev–Trinajstić information content (AvgIpc) is 2.94. The first-order chi connectivity index (χ1) is 18.5. The van der Waals surface area contributed by atoms with E-state index < -0.39 is 11.8 Å². The third-order valence-electron chi connectivity index (χ3n) is 5.50. The Morgan fingerprint density at radius 1 is 0.816 bits per heavy atom. The molecule has 0 aliphatic rings. The van der Waals surface area contributed by atoms with Crippen molar-refractivity contribution in [3.63, 3.8) is 0 Å². The van der Waals surface area contributed by atoms with E-state index >= 15 is 0 Å². The van der Waals surface area contributed by atoms with Gasteiger partial charge in [-0.1, -0.05) is 66.2 Å². The van der Waals surface area contributed by atoms with Crippen LogP contribution in [0.4, 0.5) is 5.69 Å². The Balaban J connectivity index is 1.41. The highest BCUT2D eigenvalue weighted by molar-refractivity contribution is 6.30. The molecule has 0 bridgehead atoms. The number of hydrogen-bond acceptors (Lipinski definition) is 3. The van der Waals surface area contributed by atoms with Crippen molar-refractivity contribution in [2.45, 2.75) is 13.0 Å². The lowest BCUT2D eigenvalue weighted by atomic mass is 10.1. The number of anilines is 1. The highest BCUT2D eigenvalue weighted by atomic mass is 35.5. The lowest BCUT2D eigenvalue weighted by Crippen LogP contribution is -2.30. The van der Waals surface area contributed by atoms with E-state index in [0.29, 0.717) is 28.4 Å². The molecule has 3 N–H and O–H groups in total. The summed E-state index contributed by atoms with van der Waals surface area (Å²) in [5, 5.41) is 8.94. The number of carbonyl (C=O) groups is 3. The van der Waals surface area contributed by atoms with Gasteiger partial charge in [-0.3, -0.25) is 14.4 Å². The summed E-state index contributed by atoms with van der Waals surface area (Å²) in [6.07, 6.45) is 1.78. The maximum Gasteiger partial charge on any atom is 0.272 e. The van der Waals surface area contributed by atoms with Crippen LogP contribution in [0.2, 0.25) is 5.02 Å². The molecule has 0 spiro atoms. The van der Waals surface area contributed by atoms with Crippen molar-refractivity contribution in [1.29, 1.82) is 0 Å². The van der Waals surface area contributed by atoms with Gasteiger partial charge in [0.1, 0.15) is 5.70 Å². The highest BCUT2D eigenvalue weighted by Crippen LogP contribution is 2.15. The summed E-state index contributed by atoms with van der Waals surface area (Å²) in [5.41, 5.74) is 3.45. The van der Waals surface area contributed by atoms with E-state index in [1.165, 1.54) is 0 Å². The first-order valence-electron chi connectivity index (χ1n) is 11.8. The topological polar surface area (TPSA) is 87.3 Å². The number of halogens is 1. The third kappa shape index (κ3) is 7.82. The van der Waals surface area contributed by atoms with E-state index in [2.05, 4.69) is 28.1 Å². The van der Waals surface area contributed by atoms with Gasteiger partial charge in [0.15, 0.2) is 0 Å². The molecule has 4 rings (SSSR count). The van der Waals surface area contributed by atoms with Crippen molar-refractivity contribution >= 4 is 41.1 Å². The van der Waals surface area contributed by atoms with Gasteiger partial charge in [-0.2, -0.15) is 0 Å². The van der Waals surface area contributed by atoms with Crippen LogP contribution >= 0.6 is 11.6 Å². The Hall–Kier alpha value is -4.86. The number of carbonyl (C=O) groups excluding carboxylic acids is 3. The molecular weight excluding hydrogens is 498 g/mol. The molecule has 0 radical (unpaired) electrons. The zero-order valence-electron chi connectivity index (χ0n) is 20.3. The summed E-state index contributed by atoms with van der Waals surface area (Å²) in [5.74, 6) is -1.02. The molecule has 188 valence electrons. The molecule has 0 atom stereocenters. The molecule has 4 aromatic carbocycles. The summed E-state index contributed by atoms with van der Waals surface area (Å²) < 4.78 is 0. The second kappa shape index (κ2) is 12.9. The zero-order chi connectivity index (χ0) is 26.7. The van der Waals surface area contributed by atoms with E-state index in [1.807, 2.05) is 12.1 Å². The Labute approximate surface area is 226 Å². The van der Waals surface area contributed by atoms with Crippen LogP contribution in [0.3, 0.4) is 0 Å². The molecular formula is C31H24ClN3O3. The van der Waals surface area contributed by atoms with Gasteiger partial charge in [0, 0.05) is 22.8 Å². The number of benzene rings is 3. The van der Waals surface area contributed by atoms with Gasteiger partial charge in [-0.15, -0.1) is 0 Å². The highest BCUT2D eigenvalue weighted by Gasteiger charge is 2.15. The van der Waals surface area contributed by atoms with Crippen LogP contribution in [-0.2, 0) is 22.6 Å². The van der Waals surface area contributed by atoms with Crippen molar-refractivity contribution in [3.8, 4) is 0 Å². The van der Waals surface area contributed by atoms with Crippen LogP contribution in [0.25, 0.3) is 6.08 Å². The van der Waals surface area contributed by atoms with Crippen molar-refractivity contribution < 1.29 is 14.4 Å². The molecule has 6 nitrogen and oxygen atoms in total. The van der Waals surface area contributed by atoms with Gasteiger partial charge in [-0.25, -0.2) is 0 Å². The monoisotopic (exact) mass is 521 g/mol. The fourth-order valence-corrected chi connectivity index (χ4v) is 3.64. The molecule has 38 heavy (non-hydrogen) atoms. The smallest absolute Gasteiger partial charge is 0.272 e. The standard InChI is InChI=1S/C31H24ClN3O3/c32-26-15-11-22(12-16-26)19-28(35-30(37)25-9-5-2-6-10-25)31(38)34-27-17-13-23(14-18-27)20-29(36)33-21-24-7-3-1-4-8-24/h2-3,5-19H,20-21H2,(H,33,36)(H,34,38)(H,35,37)/b28-19-. The SMILES string of the molecule is O=C(Cc1ccc(NC(=O)/C(=C/c2ccc(Cl)cc2)NC(=O)c2ccccc2)cc1)NCc1cc#ccc1. The van der Waals surface area contributed by atoms with E-state index in [4.69, 9.17) is 11.6 Å². The molecule has 7 heteroatoms. The molecule has 0 aliphatic carbocycles. The van der Waals surface area contributed by atoms with Crippen LogP contribution < -0.4 is 16.0 Å². The van der Waals surface area contributed by atoms with Crippen molar-refractivity contribution in [3.05, 3.63) is 142 Å². The first-order valence-corrected chi connectivity index (χ1v) is 12.2. The third-order valence-corrected chi connectivity index (χ3v) is 5.75. The number of hydrogen-bond donors (Lipinski definition) is 3. The normalized spacial score (nSPS) is 10.7. The largest absolute Gasteiger partial charge is 0.352 e. The molecule has 3 amide bonds. The van der Waals surface area contributed by atoms with Gasteiger partial charge in [0.25, 0.3) is 11.8 Å². The molecule has 0 heterocycles. The minimum atomic E-state index is -0.494. The van der Waals surface area contributed by atoms with Gasteiger partial charge in [-0.05, 0) is 77.4 Å². The predicted octanol–water partition coefficient (Wildman–Crippen LogP) is 5.21. The Bertz CT molecular complexity index is 1420. The fourth-order valence-electron chi connectivity index (χ4n) is 3.51. The van der Waals surface area contributed by atoms with E-state index in [-0.39, 0.29) is 18.0 Å². The van der Waals surface area contributed by atoms with Crippen molar-refractivity contribution in [1.82, 2.24) is 10.6 Å². The molecule has 0 fully saturated rings. The van der Waals surface area contributed by atoms with E-state index in [1.54, 1.807) is 91.0 Å². The van der Waals surface area contributed by atoms with Gasteiger partial charge in [0.2, 0.25) is 5.91 Å². The fraction of sp³-hybridized carbons (Fsp3) is 0.0645. The van der Waals surface area contributed by atoms with Gasteiger partial charge >= 0.3 is 0 Å². The lowest BCUT2D eigenvalue weighted by Gasteiger charge is -2.12. The minimum absolute atomic E-state index is 0.0698. The van der Waals surface area contributed by atoms with Crippen LogP contribution in [0.15, 0.2) is 103 Å². The average molecular weight is 522 g/mol. The van der Waals surface area contributed by atoms with E-state index in [0.717, 1.165) is 11.1 Å². The summed E-state index contributed by atoms with van der Waals surface area (Å²) >= 11 is 5.98. The summed E-state index contributed by atoms with van der Waals surface area (Å²) in [6.45, 7) is 0.412. The van der Waals surface area contributed by atoms with Gasteiger partial charge < -0.3 is 16.0 Å². The summed E-state index contributed by atoms with van der Waals surface area (Å²) in [7, 11) is 0. The quantitative estimate of drug-likeness (QED) is 0.264. The number of rotatable bonds is 9. The van der Waals surface area contributed by atoms with Crippen LogP contribution in [0.5, 0.6) is 0 Å². The zero-order valence-corrected chi connectivity index (χ0v) is 21.1. The van der Waals surface area contributed by atoms with Crippen LogP contribution in [0, 0.1) is 12.1 Å². The summed E-state index contributed by atoms with van der Waals surface area (Å²) in [4.78, 5) is 38.2. The van der Waals surface area contributed by atoms with Gasteiger partial charge in [0.05, 0.1) is 6.42 Å². The van der Waals surface area contributed by atoms with Crippen LogP contribution in [-0.4, -0.2) is 17.7 Å². The second-order valence-electron chi connectivity index (χ2n) is 8.38. The molecule has 0 saturated heterocycles. The molecule has 0 aliphatic heterocycles. The van der Waals surface area contributed by atoms with Crippen molar-refractivity contribution in [2.75, 3.05) is 5.32 Å². The lowest BCUT2D eigenvalue weighted by molar-refractivity contribution is -0.120. The van der Waals surface area contributed by atoms with Crippen LogP contribution in [0.1, 0.15) is 27.0 Å². The Kier molecular flexibility index (Phi) is 8.90. The molecule has 4 aromatic rings. The molecule has 0 unspecified atom stereocenters. The van der Waals surface area contributed by atoms with E-state index in [9.17, 15) is 14.4 Å². The second-order valence-corrected chi connectivity index (χ2v) is 8.81. The minimum Gasteiger partial charge on any atom is -0.352 e. The maximum absolute atomic E-state index is 13.1. The van der Waals surface area contributed by atoms with Crippen molar-refractivity contribution in [2.24, 2.45) is 0 Å². The number of nitrogens with one attached hydrogen (secondary N) is 3. The Morgan fingerprint density at radius 2 is 1.55 bits per heavy atom. The molecule has 0 aromatic heterocycles. The first kappa shape index (κ1) is 26.2. The Morgan fingerprint density at radius 3 is 2.24 bits per heavy atom. The maximum atomic E-state index is 13.1.